The molecule has 0 bridgehead atoms. The maximum Gasteiger partial charge on any atom is 0.271 e. The summed E-state index contributed by atoms with van der Waals surface area (Å²) in [4.78, 5) is 20.2. The summed E-state index contributed by atoms with van der Waals surface area (Å²) in [5.41, 5.74) is 6.20. The molecule has 9 heteroatoms. The number of primary amides is 1. The average Bonchev–Trinajstić information content (AvgIpc) is 3.34. The number of carbonyl (C=O) groups excluding carboxylic acids is 1. The maximum absolute atomic E-state index is 14.2. The molecule has 0 saturated heterocycles. The Hall–Kier alpha value is -2.43. The van der Waals surface area contributed by atoms with Gasteiger partial charge in [-0.3, -0.25) is 9.20 Å². The molecule has 1 aliphatic rings. The van der Waals surface area contributed by atoms with Gasteiger partial charge in [0.2, 0.25) is 5.88 Å². The summed E-state index contributed by atoms with van der Waals surface area (Å²) in [6, 6.07) is 4.72. The number of imidazole rings is 1. The van der Waals surface area contributed by atoms with Crippen molar-refractivity contribution >= 4 is 45.5 Å². The monoisotopic (exact) mass is 467 g/mol. The quantitative estimate of drug-likeness (QED) is 0.544. The summed E-state index contributed by atoms with van der Waals surface area (Å²) in [5, 5.41) is 2.91. The molecular formula is C17H15FIN5O2. The molecule has 0 spiro atoms. The van der Waals surface area contributed by atoms with Gasteiger partial charge in [0.15, 0.2) is 5.69 Å². The van der Waals surface area contributed by atoms with Crippen LogP contribution in [-0.2, 0) is 0 Å². The molecule has 1 fully saturated rings. The Morgan fingerprint density at radius 1 is 1.42 bits per heavy atom. The summed E-state index contributed by atoms with van der Waals surface area (Å²) in [6.07, 6.45) is 5.30. The van der Waals surface area contributed by atoms with Crippen LogP contribution in [0, 0.1) is 15.3 Å². The Balaban J connectivity index is 1.76. The minimum absolute atomic E-state index is 0.0124. The zero-order valence-electron chi connectivity index (χ0n) is 13.6. The lowest BCUT2D eigenvalue weighted by molar-refractivity contribution is 0.0996. The van der Waals surface area contributed by atoms with E-state index in [2.05, 4.69) is 15.3 Å². The second-order valence-electron chi connectivity index (χ2n) is 6.13. The van der Waals surface area contributed by atoms with Crippen molar-refractivity contribution in [1.82, 2.24) is 14.4 Å². The van der Waals surface area contributed by atoms with E-state index >= 15 is 0 Å². The Labute approximate surface area is 161 Å². The van der Waals surface area contributed by atoms with E-state index in [1.807, 2.05) is 22.6 Å². The van der Waals surface area contributed by atoms with E-state index in [9.17, 15) is 9.18 Å². The first-order chi connectivity index (χ1) is 12.5. The third-order valence-corrected chi connectivity index (χ3v) is 4.79. The van der Waals surface area contributed by atoms with Gasteiger partial charge in [0.05, 0.1) is 18.5 Å². The lowest BCUT2D eigenvalue weighted by atomic mass is 10.3. The summed E-state index contributed by atoms with van der Waals surface area (Å²) in [6.45, 7) is 0.596. The van der Waals surface area contributed by atoms with Crippen molar-refractivity contribution in [3.63, 3.8) is 0 Å². The summed E-state index contributed by atoms with van der Waals surface area (Å²) >= 11 is 2.02. The molecule has 2 heterocycles. The molecular weight excluding hydrogens is 452 g/mol. The van der Waals surface area contributed by atoms with Crippen LogP contribution in [0.2, 0.25) is 0 Å². The maximum atomic E-state index is 14.2. The molecule has 134 valence electrons. The lowest BCUT2D eigenvalue weighted by Crippen LogP contribution is -2.17. The first kappa shape index (κ1) is 17.0. The number of hydrogen-bond donors (Lipinski definition) is 2. The molecule has 3 N–H and O–H groups in total. The number of nitrogens with two attached hydrogens (primary N) is 1. The third-order valence-electron chi connectivity index (χ3n) is 4.12. The molecule has 3 aromatic rings. The molecule has 0 unspecified atom stereocenters. The molecule has 0 atom stereocenters. The Morgan fingerprint density at radius 2 is 2.23 bits per heavy atom. The van der Waals surface area contributed by atoms with Crippen LogP contribution in [0.4, 0.5) is 15.9 Å². The highest BCUT2D eigenvalue weighted by molar-refractivity contribution is 14.1. The number of amides is 1. The first-order valence-electron chi connectivity index (χ1n) is 8.03. The molecule has 1 saturated carbocycles. The number of anilines is 2. The van der Waals surface area contributed by atoms with E-state index in [-0.39, 0.29) is 17.2 Å². The zero-order valence-corrected chi connectivity index (χ0v) is 15.7. The number of carbonyl (C=O) groups is 1. The van der Waals surface area contributed by atoms with Gasteiger partial charge >= 0.3 is 0 Å². The van der Waals surface area contributed by atoms with Crippen molar-refractivity contribution in [3.8, 4) is 5.88 Å². The van der Waals surface area contributed by atoms with Gasteiger partial charge in [-0.1, -0.05) is 0 Å². The fourth-order valence-corrected chi connectivity index (χ4v) is 3.00. The third kappa shape index (κ3) is 3.30. The number of benzene rings is 1. The number of rotatable bonds is 6. The summed E-state index contributed by atoms with van der Waals surface area (Å²) in [5.74, 6) is 0.0580. The van der Waals surface area contributed by atoms with Crippen LogP contribution in [0.3, 0.4) is 0 Å². The van der Waals surface area contributed by atoms with E-state index in [1.165, 1.54) is 18.6 Å². The number of nitrogens with zero attached hydrogens (tertiary/aromatic N) is 3. The van der Waals surface area contributed by atoms with Gasteiger partial charge in [0, 0.05) is 3.57 Å². The highest BCUT2D eigenvalue weighted by atomic mass is 127. The average molecular weight is 467 g/mol. The van der Waals surface area contributed by atoms with E-state index < -0.39 is 11.7 Å². The molecule has 1 amide bonds. The molecule has 26 heavy (non-hydrogen) atoms. The van der Waals surface area contributed by atoms with Crippen molar-refractivity contribution < 1.29 is 13.9 Å². The number of fused-ring (bicyclic) bond motifs is 1. The Kier molecular flexibility index (Phi) is 4.39. The lowest BCUT2D eigenvalue weighted by Gasteiger charge is -2.13. The van der Waals surface area contributed by atoms with Gasteiger partial charge in [-0.15, -0.1) is 0 Å². The van der Waals surface area contributed by atoms with E-state index in [0.717, 1.165) is 16.4 Å². The fraction of sp³-hybridized carbons (Fsp3) is 0.235. The van der Waals surface area contributed by atoms with E-state index in [4.69, 9.17) is 10.5 Å². The minimum Gasteiger partial charge on any atom is -0.476 e. The number of ether oxygens (including phenoxy) is 1. The number of hydrogen-bond acceptors (Lipinski definition) is 5. The van der Waals surface area contributed by atoms with Crippen molar-refractivity contribution in [3.05, 3.63) is 45.8 Å². The van der Waals surface area contributed by atoms with Crippen LogP contribution in [0.25, 0.3) is 5.52 Å². The van der Waals surface area contributed by atoms with Gasteiger partial charge in [-0.2, -0.15) is 0 Å². The Morgan fingerprint density at radius 3 is 2.92 bits per heavy atom. The normalized spacial score (nSPS) is 13.8. The Bertz CT molecular complexity index is 1000. The van der Waals surface area contributed by atoms with Crippen LogP contribution in [0.5, 0.6) is 5.88 Å². The van der Waals surface area contributed by atoms with Crippen LogP contribution in [0.1, 0.15) is 23.3 Å². The van der Waals surface area contributed by atoms with Crippen LogP contribution >= 0.6 is 22.6 Å². The number of halogens is 2. The highest BCUT2D eigenvalue weighted by Gasteiger charge is 2.24. The minimum atomic E-state index is -0.727. The van der Waals surface area contributed by atoms with Crippen LogP contribution in [-0.4, -0.2) is 26.9 Å². The second kappa shape index (κ2) is 6.71. The van der Waals surface area contributed by atoms with Gasteiger partial charge < -0.3 is 15.8 Å². The predicted molar refractivity (Wildman–Crippen MR) is 102 cm³/mol. The molecule has 2 aromatic heterocycles. The first-order valence-corrected chi connectivity index (χ1v) is 9.11. The topological polar surface area (TPSA) is 94.5 Å². The fourth-order valence-electron chi connectivity index (χ4n) is 2.55. The van der Waals surface area contributed by atoms with Gasteiger partial charge in [0.1, 0.15) is 23.5 Å². The molecule has 7 nitrogen and oxygen atoms in total. The number of aromatic nitrogens is 3. The van der Waals surface area contributed by atoms with Crippen LogP contribution in [0.15, 0.2) is 30.7 Å². The molecule has 4 rings (SSSR count). The van der Waals surface area contributed by atoms with Crippen molar-refractivity contribution in [2.75, 3.05) is 11.9 Å². The van der Waals surface area contributed by atoms with Crippen molar-refractivity contribution in [1.29, 1.82) is 0 Å². The SMILES string of the molecule is NC(=O)c1ncc2c(OCC3CC3)ncn2c1Nc1ccc(I)cc1F. The molecule has 1 aromatic carbocycles. The smallest absolute Gasteiger partial charge is 0.271 e. The van der Waals surface area contributed by atoms with Gasteiger partial charge in [-0.05, 0) is 59.5 Å². The standard InChI is InChI=1S/C17H15FIN5O2/c18-11-5-10(19)3-4-12(11)23-16-14(15(20)25)21-6-13-17(22-8-24(13)16)26-7-9-1-2-9/h3-6,8-9,23H,1-2,7H2,(H2,20,25). The highest BCUT2D eigenvalue weighted by Crippen LogP contribution is 2.31. The zero-order chi connectivity index (χ0) is 18.3. The number of nitrogens with one attached hydrogen (secondary N) is 1. The molecule has 0 aliphatic heterocycles. The van der Waals surface area contributed by atoms with E-state index in [0.29, 0.717) is 23.9 Å². The van der Waals surface area contributed by atoms with Crippen LogP contribution < -0.4 is 15.8 Å². The molecule has 0 radical (unpaired) electrons. The van der Waals surface area contributed by atoms with E-state index in [1.54, 1.807) is 16.5 Å². The van der Waals surface area contributed by atoms with Gasteiger partial charge in [-0.25, -0.2) is 14.4 Å². The molecule has 1 aliphatic carbocycles. The van der Waals surface area contributed by atoms with Crippen molar-refractivity contribution in [2.45, 2.75) is 12.8 Å². The second-order valence-corrected chi connectivity index (χ2v) is 7.37. The predicted octanol–water partition coefficient (Wildman–Crippen LogP) is 3.10. The van der Waals surface area contributed by atoms with Gasteiger partial charge in [0.25, 0.3) is 5.91 Å². The summed E-state index contributed by atoms with van der Waals surface area (Å²) < 4.78 is 22.3. The largest absolute Gasteiger partial charge is 0.476 e. The summed E-state index contributed by atoms with van der Waals surface area (Å²) in [7, 11) is 0. The van der Waals surface area contributed by atoms with Crippen molar-refractivity contribution in [2.24, 2.45) is 11.7 Å².